The molecule has 94 valence electrons. The van der Waals surface area contributed by atoms with E-state index in [1.165, 1.54) is 6.92 Å². The van der Waals surface area contributed by atoms with Crippen molar-refractivity contribution in [1.29, 1.82) is 0 Å². The molecule has 5 nitrogen and oxygen atoms in total. The summed E-state index contributed by atoms with van der Waals surface area (Å²) in [5.41, 5.74) is 0.607. The maximum atomic E-state index is 11.5. The van der Waals surface area contributed by atoms with E-state index < -0.39 is 22.0 Å². The molecule has 1 aromatic carbocycles. The smallest absolute Gasteiger partial charge is 0.308 e. The van der Waals surface area contributed by atoms with Crippen molar-refractivity contribution in [3.63, 3.8) is 0 Å². The molecule has 0 amide bonds. The zero-order valence-corrected chi connectivity index (χ0v) is 10.2. The number of aliphatic carboxylic acids is 1. The minimum atomic E-state index is -3.73. The van der Waals surface area contributed by atoms with Gasteiger partial charge in [-0.1, -0.05) is 30.3 Å². The molecular weight excluding hydrogens is 244 g/mol. The number of carboxylic acid groups (broad SMARTS) is 1. The van der Waals surface area contributed by atoms with Crippen LogP contribution in [0.25, 0.3) is 0 Å². The Morgan fingerprint density at radius 3 is 2.47 bits per heavy atom. The van der Waals surface area contributed by atoms with E-state index in [1.807, 2.05) is 0 Å². The Balaban J connectivity index is 2.56. The molecule has 0 aromatic heterocycles. The number of rotatable bonds is 6. The van der Waals surface area contributed by atoms with Crippen molar-refractivity contribution >= 4 is 16.1 Å². The zero-order valence-electron chi connectivity index (χ0n) is 9.37. The van der Waals surface area contributed by atoms with Gasteiger partial charge in [-0.2, -0.15) is 8.42 Å². The third-order valence-corrected chi connectivity index (χ3v) is 3.29. The van der Waals surface area contributed by atoms with Crippen LogP contribution in [0.2, 0.25) is 0 Å². The van der Waals surface area contributed by atoms with Crippen LogP contribution in [0.5, 0.6) is 0 Å². The summed E-state index contributed by atoms with van der Waals surface area (Å²) in [6.07, 6.45) is 0. The van der Waals surface area contributed by atoms with E-state index in [0.29, 0.717) is 5.56 Å². The first-order valence-corrected chi connectivity index (χ1v) is 6.62. The van der Waals surface area contributed by atoms with Crippen molar-refractivity contribution in [3.8, 4) is 0 Å². The molecule has 6 heteroatoms. The van der Waals surface area contributed by atoms with E-state index in [0.717, 1.165) is 0 Å². The maximum absolute atomic E-state index is 11.5. The number of hydrogen-bond donors (Lipinski definition) is 1. The lowest BCUT2D eigenvalue weighted by Crippen LogP contribution is -2.20. The first-order valence-electron chi connectivity index (χ1n) is 5.04. The summed E-state index contributed by atoms with van der Waals surface area (Å²) >= 11 is 0. The highest BCUT2D eigenvalue weighted by molar-refractivity contribution is 7.85. The Morgan fingerprint density at radius 1 is 1.35 bits per heavy atom. The van der Waals surface area contributed by atoms with Crippen LogP contribution in [-0.2, 0) is 24.8 Å². The summed E-state index contributed by atoms with van der Waals surface area (Å²) in [6.45, 7) is 1.05. The average Bonchev–Trinajstić information content (AvgIpc) is 2.26. The second-order valence-electron chi connectivity index (χ2n) is 3.71. The van der Waals surface area contributed by atoms with Crippen molar-refractivity contribution in [3.05, 3.63) is 35.9 Å². The van der Waals surface area contributed by atoms with Gasteiger partial charge < -0.3 is 5.11 Å². The fourth-order valence-electron chi connectivity index (χ4n) is 1.10. The van der Waals surface area contributed by atoms with Gasteiger partial charge in [-0.05, 0) is 12.5 Å². The quantitative estimate of drug-likeness (QED) is 0.777. The SMILES string of the molecule is C[C@@H](COS(=O)(=O)Cc1ccccc1)C(=O)O. The number of hydrogen-bond acceptors (Lipinski definition) is 4. The van der Waals surface area contributed by atoms with Gasteiger partial charge >= 0.3 is 5.97 Å². The van der Waals surface area contributed by atoms with Crippen molar-refractivity contribution < 1.29 is 22.5 Å². The van der Waals surface area contributed by atoms with E-state index in [2.05, 4.69) is 4.18 Å². The Kier molecular flexibility index (Phi) is 4.65. The van der Waals surface area contributed by atoms with Gasteiger partial charge in [-0.15, -0.1) is 0 Å². The molecule has 0 fully saturated rings. The molecule has 0 aliphatic rings. The molecule has 1 atom stereocenters. The summed E-state index contributed by atoms with van der Waals surface area (Å²) in [4.78, 5) is 10.5. The van der Waals surface area contributed by atoms with Gasteiger partial charge in [0.2, 0.25) is 0 Å². The average molecular weight is 258 g/mol. The predicted molar refractivity (Wildman–Crippen MR) is 61.8 cm³/mol. The summed E-state index contributed by atoms with van der Waals surface area (Å²) < 4.78 is 27.7. The van der Waals surface area contributed by atoms with Gasteiger partial charge in [0.1, 0.15) is 5.75 Å². The van der Waals surface area contributed by atoms with Crippen LogP contribution in [0, 0.1) is 5.92 Å². The molecule has 0 bridgehead atoms. The minimum Gasteiger partial charge on any atom is -0.481 e. The second kappa shape index (κ2) is 5.79. The summed E-state index contributed by atoms with van der Waals surface area (Å²) in [7, 11) is -3.73. The lowest BCUT2D eigenvalue weighted by Gasteiger charge is -2.08. The third-order valence-electron chi connectivity index (χ3n) is 2.11. The van der Waals surface area contributed by atoms with E-state index in [1.54, 1.807) is 30.3 Å². The van der Waals surface area contributed by atoms with Crippen molar-refractivity contribution in [2.24, 2.45) is 5.92 Å². The lowest BCUT2D eigenvalue weighted by molar-refractivity contribution is -0.141. The first-order chi connectivity index (χ1) is 7.91. The zero-order chi connectivity index (χ0) is 12.9. The van der Waals surface area contributed by atoms with E-state index in [9.17, 15) is 13.2 Å². The standard InChI is InChI=1S/C11H14O5S/c1-9(11(12)13)7-16-17(14,15)8-10-5-3-2-4-6-10/h2-6,9H,7-8H2,1H3,(H,12,13)/t9-/m0/s1. The van der Waals surface area contributed by atoms with Gasteiger partial charge in [0.05, 0.1) is 12.5 Å². The van der Waals surface area contributed by atoms with E-state index in [-0.39, 0.29) is 12.4 Å². The van der Waals surface area contributed by atoms with Crippen LogP contribution in [0.3, 0.4) is 0 Å². The Bertz CT molecular complexity index is 466. The molecule has 1 N–H and O–H groups in total. The minimum absolute atomic E-state index is 0.250. The van der Waals surface area contributed by atoms with E-state index >= 15 is 0 Å². The highest BCUT2D eigenvalue weighted by Gasteiger charge is 2.17. The van der Waals surface area contributed by atoms with Crippen LogP contribution in [-0.4, -0.2) is 26.1 Å². The van der Waals surface area contributed by atoms with Crippen LogP contribution in [0.1, 0.15) is 12.5 Å². The van der Waals surface area contributed by atoms with Gasteiger partial charge in [0, 0.05) is 0 Å². The summed E-state index contributed by atoms with van der Waals surface area (Å²) in [5, 5.41) is 8.59. The van der Waals surface area contributed by atoms with Gasteiger partial charge in [-0.25, -0.2) is 0 Å². The molecule has 0 saturated carbocycles. The molecule has 0 spiro atoms. The third kappa shape index (κ3) is 4.97. The van der Waals surface area contributed by atoms with E-state index in [4.69, 9.17) is 5.11 Å². The lowest BCUT2D eigenvalue weighted by atomic mass is 10.2. The van der Waals surface area contributed by atoms with Gasteiger partial charge in [0.25, 0.3) is 10.1 Å². The van der Waals surface area contributed by atoms with Crippen LogP contribution in [0.15, 0.2) is 30.3 Å². The highest BCUT2D eigenvalue weighted by atomic mass is 32.2. The van der Waals surface area contributed by atoms with Crippen LogP contribution < -0.4 is 0 Å². The molecule has 0 saturated heterocycles. The first kappa shape index (κ1) is 13.7. The summed E-state index contributed by atoms with van der Waals surface area (Å²) in [6, 6.07) is 8.57. The topological polar surface area (TPSA) is 80.7 Å². The van der Waals surface area contributed by atoms with Gasteiger partial charge in [-0.3, -0.25) is 8.98 Å². The van der Waals surface area contributed by atoms with Gasteiger partial charge in [0.15, 0.2) is 0 Å². The maximum Gasteiger partial charge on any atom is 0.308 e. The molecule has 1 aromatic rings. The molecule has 0 aliphatic carbocycles. The summed E-state index contributed by atoms with van der Waals surface area (Å²) in [5.74, 6) is -2.18. The normalized spacial score (nSPS) is 13.2. The van der Waals surface area contributed by atoms with Crippen molar-refractivity contribution in [2.45, 2.75) is 12.7 Å². The molecule has 1 rings (SSSR count). The second-order valence-corrected chi connectivity index (χ2v) is 5.35. The predicted octanol–water partition coefficient (Wildman–Crippen LogP) is 1.25. The molecular formula is C11H14O5S. The highest BCUT2D eigenvalue weighted by Crippen LogP contribution is 2.08. The Labute approximate surface area is 100 Å². The molecule has 0 aliphatic heterocycles. The number of benzene rings is 1. The monoisotopic (exact) mass is 258 g/mol. The van der Waals surface area contributed by atoms with Crippen LogP contribution in [0.4, 0.5) is 0 Å². The molecule has 0 heterocycles. The largest absolute Gasteiger partial charge is 0.481 e. The number of carboxylic acids is 1. The Morgan fingerprint density at radius 2 is 1.94 bits per heavy atom. The fourth-order valence-corrected chi connectivity index (χ4v) is 2.19. The van der Waals surface area contributed by atoms with Crippen LogP contribution >= 0.6 is 0 Å². The fraction of sp³-hybridized carbons (Fsp3) is 0.364. The Hall–Kier alpha value is -1.40. The number of carbonyl (C=O) groups is 1. The van der Waals surface area contributed by atoms with Crippen molar-refractivity contribution in [2.75, 3.05) is 6.61 Å². The van der Waals surface area contributed by atoms with Crippen molar-refractivity contribution in [1.82, 2.24) is 0 Å². The molecule has 17 heavy (non-hydrogen) atoms. The molecule has 0 unspecified atom stereocenters. The molecule has 0 radical (unpaired) electrons.